The molecule has 0 saturated heterocycles. The van der Waals surface area contributed by atoms with E-state index in [1.165, 1.54) is 16.7 Å². The number of carboxylic acid groups (broad SMARTS) is 1. The Bertz CT molecular complexity index is 1540. The van der Waals surface area contributed by atoms with Gasteiger partial charge in [-0.25, -0.2) is 4.79 Å². The van der Waals surface area contributed by atoms with E-state index in [0.717, 1.165) is 87.2 Å². The van der Waals surface area contributed by atoms with Gasteiger partial charge in [0.2, 0.25) is 0 Å². The molecular weight excluding hydrogens is 602 g/mol. The predicted octanol–water partition coefficient (Wildman–Crippen LogP) is 6.26. The Hall–Kier alpha value is -2.59. The first-order valence-electron chi connectivity index (χ1n) is 15.7. The summed E-state index contributed by atoms with van der Waals surface area (Å²) in [5.41, 5.74) is 4.72. The van der Waals surface area contributed by atoms with Gasteiger partial charge in [0.1, 0.15) is 5.75 Å². The number of aromatic carboxylic acids is 1. The number of carboxylic acids is 1. The van der Waals surface area contributed by atoms with Gasteiger partial charge < -0.3 is 19.5 Å². The molecule has 1 aliphatic heterocycles. The molecule has 8 nitrogen and oxygen atoms in total. The van der Waals surface area contributed by atoms with E-state index >= 15 is 0 Å². The number of nitrogens with zero attached hydrogens (tertiary/aromatic N) is 1. The van der Waals surface area contributed by atoms with Crippen molar-refractivity contribution < 1.29 is 32.0 Å². The quantitative estimate of drug-likeness (QED) is 0.253. The summed E-state index contributed by atoms with van der Waals surface area (Å²) in [7, 11) is -1.66. The van der Waals surface area contributed by atoms with Crippen molar-refractivity contribution in [2.24, 2.45) is 17.8 Å². The number of aryl methyl sites for hydroxylation is 1. The van der Waals surface area contributed by atoms with Crippen molar-refractivity contribution in [2.75, 3.05) is 44.6 Å². The molecule has 5 atom stereocenters. The summed E-state index contributed by atoms with van der Waals surface area (Å²) in [5.74, 6) is 0.680. The summed E-state index contributed by atoms with van der Waals surface area (Å²) in [6, 6.07) is 11.4. The number of hydrogen-bond donors (Lipinski definition) is 1. The fraction of sp³-hybridized carbons (Fsp3) is 0.559. The lowest BCUT2D eigenvalue weighted by atomic mass is 9.66. The molecular formula is C34H42ClNO7S. The van der Waals surface area contributed by atoms with Crippen LogP contribution in [0.1, 0.15) is 66.4 Å². The molecule has 1 unspecified atom stereocenters. The summed E-state index contributed by atoms with van der Waals surface area (Å²) < 4.78 is 40.6. The van der Waals surface area contributed by atoms with Gasteiger partial charge >= 0.3 is 5.97 Å². The van der Waals surface area contributed by atoms with Crippen molar-refractivity contribution in [3.8, 4) is 5.75 Å². The van der Waals surface area contributed by atoms with Crippen LogP contribution in [0, 0.1) is 17.8 Å². The van der Waals surface area contributed by atoms with Crippen LogP contribution in [0.4, 0.5) is 5.69 Å². The number of anilines is 1. The number of halogens is 1. The van der Waals surface area contributed by atoms with Gasteiger partial charge in [-0.3, -0.25) is 4.18 Å². The van der Waals surface area contributed by atoms with Crippen LogP contribution in [0.25, 0.3) is 0 Å². The first-order chi connectivity index (χ1) is 21.0. The Kier molecular flexibility index (Phi) is 9.03. The first kappa shape index (κ1) is 31.4. The number of rotatable bonds is 9. The van der Waals surface area contributed by atoms with E-state index in [0.29, 0.717) is 18.4 Å². The van der Waals surface area contributed by atoms with Crippen LogP contribution < -0.4 is 9.64 Å². The van der Waals surface area contributed by atoms with Crippen LogP contribution in [0.2, 0.25) is 5.02 Å². The van der Waals surface area contributed by atoms with Crippen LogP contribution in [0.3, 0.4) is 0 Å². The lowest BCUT2D eigenvalue weighted by Crippen LogP contribution is -2.50. The van der Waals surface area contributed by atoms with E-state index in [4.69, 9.17) is 25.3 Å². The van der Waals surface area contributed by atoms with E-state index < -0.39 is 16.1 Å². The normalized spacial score (nSPS) is 27.3. The second-order valence-electron chi connectivity index (χ2n) is 13.2. The van der Waals surface area contributed by atoms with Gasteiger partial charge in [-0.15, -0.1) is 0 Å². The predicted molar refractivity (Wildman–Crippen MR) is 170 cm³/mol. The van der Waals surface area contributed by atoms with Crippen molar-refractivity contribution >= 4 is 33.4 Å². The fourth-order valence-corrected chi connectivity index (χ4v) is 8.52. The molecule has 44 heavy (non-hydrogen) atoms. The Labute approximate surface area is 265 Å². The molecule has 1 spiro atoms. The third-order valence-corrected chi connectivity index (χ3v) is 11.1. The minimum atomic E-state index is -3.45. The molecule has 4 aliphatic rings. The molecule has 3 aliphatic carbocycles. The van der Waals surface area contributed by atoms with E-state index in [-0.39, 0.29) is 29.6 Å². The fourth-order valence-electron chi connectivity index (χ4n) is 7.89. The second-order valence-corrected chi connectivity index (χ2v) is 15.2. The maximum Gasteiger partial charge on any atom is 0.335 e. The van der Waals surface area contributed by atoms with Crippen molar-refractivity contribution in [3.05, 3.63) is 69.8 Å². The smallest absolute Gasteiger partial charge is 0.335 e. The standard InChI is InChI=1S/C34H42ClNO7S/c1-41-32(23-7-5-22(6-8-23)19-43-44(2,39)40)28-12-9-26(28)18-36-20-34(15-3-4-24-16-27(35)11-13-29(24)34)21-42-31-14-10-25(33(37)38)17-30(31)36/h7,10-11,13-14,16-17,22,26,28,32H,3-6,8-9,12,15,18-21H2,1-2H3,(H,37,38)/t22-,26+,28-,32-,34?/m1/s1. The number of carbonyl (C=O) groups is 1. The van der Waals surface area contributed by atoms with Gasteiger partial charge in [-0.2, -0.15) is 8.42 Å². The first-order valence-corrected chi connectivity index (χ1v) is 17.8. The van der Waals surface area contributed by atoms with E-state index in [2.05, 4.69) is 23.1 Å². The van der Waals surface area contributed by atoms with Crippen LogP contribution in [-0.4, -0.2) is 65.3 Å². The Morgan fingerprint density at radius 3 is 2.70 bits per heavy atom. The molecule has 1 saturated carbocycles. The largest absolute Gasteiger partial charge is 0.490 e. The molecule has 2 aromatic carbocycles. The molecule has 238 valence electrons. The Morgan fingerprint density at radius 2 is 2.02 bits per heavy atom. The molecule has 10 heteroatoms. The number of hydrogen-bond acceptors (Lipinski definition) is 7. The van der Waals surface area contributed by atoms with Gasteiger partial charge in [0.25, 0.3) is 10.1 Å². The maximum atomic E-state index is 12.0. The highest BCUT2D eigenvalue weighted by Crippen LogP contribution is 2.48. The van der Waals surface area contributed by atoms with E-state index in [9.17, 15) is 18.3 Å². The third-order valence-electron chi connectivity index (χ3n) is 10.3. The van der Waals surface area contributed by atoms with Gasteiger partial charge in [-0.05, 0) is 116 Å². The minimum Gasteiger partial charge on any atom is -0.490 e. The molecule has 0 amide bonds. The van der Waals surface area contributed by atoms with Crippen molar-refractivity contribution in [1.29, 1.82) is 0 Å². The molecule has 1 fully saturated rings. The average Bonchev–Trinajstić information content (AvgIpc) is 3.13. The zero-order valence-corrected chi connectivity index (χ0v) is 27.0. The summed E-state index contributed by atoms with van der Waals surface area (Å²) in [4.78, 5) is 14.4. The van der Waals surface area contributed by atoms with Crippen molar-refractivity contribution in [1.82, 2.24) is 0 Å². The van der Waals surface area contributed by atoms with Gasteiger partial charge in [0, 0.05) is 30.6 Å². The van der Waals surface area contributed by atoms with Crippen LogP contribution >= 0.6 is 11.6 Å². The zero-order chi connectivity index (χ0) is 31.1. The number of benzene rings is 2. The summed E-state index contributed by atoms with van der Waals surface area (Å²) >= 11 is 6.40. The lowest BCUT2D eigenvalue weighted by Gasteiger charge is -2.47. The minimum absolute atomic E-state index is 0.00471. The summed E-state index contributed by atoms with van der Waals surface area (Å²) in [6.45, 7) is 2.28. The van der Waals surface area contributed by atoms with Crippen molar-refractivity contribution in [2.45, 2.75) is 62.9 Å². The summed E-state index contributed by atoms with van der Waals surface area (Å²) in [5, 5.41) is 10.6. The molecule has 0 bridgehead atoms. The van der Waals surface area contributed by atoms with Gasteiger partial charge in [-0.1, -0.05) is 23.7 Å². The van der Waals surface area contributed by atoms with Gasteiger partial charge in [0.15, 0.2) is 0 Å². The number of allylic oxidation sites excluding steroid dienone is 1. The monoisotopic (exact) mass is 643 g/mol. The highest BCUT2D eigenvalue weighted by atomic mass is 35.5. The number of fused-ring (bicyclic) bond motifs is 3. The average molecular weight is 644 g/mol. The van der Waals surface area contributed by atoms with E-state index in [1.54, 1.807) is 19.2 Å². The van der Waals surface area contributed by atoms with E-state index in [1.807, 2.05) is 12.1 Å². The van der Waals surface area contributed by atoms with Crippen LogP contribution in [-0.2, 0) is 30.9 Å². The second kappa shape index (κ2) is 12.7. The highest BCUT2D eigenvalue weighted by molar-refractivity contribution is 7.85. The topological polar surface area (TPSA) is 102 Å². The third kappa shape index (κ3) is 6.52. The van der Waals surface area contributed by atoms with Crippen LogP contribution in [0.5, 0.6) is 5.75 Å². The SMILES string of the molecule is CO[C@H](C1=CC[C@@H](COS(C)(=O)=O)CC1)[C@@H]1CC[C@H]1CN1CC2(CCCc3cc(Cl)ccc32)COc2ccc(C(=O)O)cc21. The van der Waals surface area contributed by atoms with Crippen LogP contribution in [0.15, 0.2) is 48.0 Å². The maximum absolute atomic E-state index is 12.0. The molecule has 1 heterocycles. The molecule has 0 radical (unpaired) electrons. The Balaban J connectivity index is 1.25. The molecule has 6 rings (SSSR count). The molecule has 1 N–H and O–H groups in total. The number of methoxy groups -OCH3 is 1. The zero-order valence-electron chi connectivity index (χ0n) is 25.5. The molecule has 2 aromatic rings. The molecule has 0 aromatic heterocycles. The van der Waals surface area contributed by atoms with Gasteiger partial charge in [0.05, 0.1) is 36.8 Å². The summed E-state index contributed by atoms with van der Waals surface area (Å²) in [6.07, 6.45) is 11.0. The Morgan fingerprint density at radius 1 is 1.18 bits per heavy atom. The number of ether oxygens (including phenoxy) is 2. The van der Waals surface area contributed by atoms with Crippen molar-refractivity contribution in [3.63, 3.8) is 0 Å². The highest BCUT2D eigenvalue weighted by Gasteiger charge is 2.45. The lowest BCUT2D eigenvalue weighted by molar-refractivity contribution is 0.00284.